The SMILES string of the molecule is CCOc1ccc(NC(=O)CSc2ncnc3c2cnn3-c2ccc(F)cc2)cc1. The van der Waals surface area contributed by atoms with Crippen molar-refractivity contribution in [3.8, 4) is 11.4 Å². The zero-order chi connectivity index (χ0) is 20.9. The Balaban J connectivity index is 1.45. The number of thioether (sulfide) groups is 1. The van der Waals surface area contributed by atoms with Crippen LogP contribution in [0.4, 0.5) is 10.1 Å². The van der Waals surface area contributed by atoms with Crippen LogP contribution in [0.3, 0.4) is 0 Å². The lowest BCUT2D eigenvalue weighted by Gasteiger charge is -2.07. The molecule has 0 aliphatic rings. The molecular weight excluding hydrogens is 405 g/mol. The van der Waals surface area contributed by atoms with Gasteiger partial charge in [-0.2, -0.15) is 5.10 Å². The van der Waals surface area contributed by atoms with Crippen LogP contribution in [0.2, 0.25) is 0 Å². The van der Waals surface area contributed by atoms with Crippen molar-refractivity contribution in [2.24, 2.45) is 0 Å². The number of benzene rings is 2. The van der Waals surface area contributed by atoms with Gasteiger partial charge in [-0.15, -0.1) is 0 Å². The molecule has 4 aromatic rings. The smallest absolute Gasteiger partial charge is 0.234 e. The van der Waals surface area contributed by atoms with Crippen LogP contribution in [-0.2, 0) is 4.79 Å². The molecule has 152 valence electrons. The van der Waals surface area contributed by atoms with Crippen molar-refractivity contribution in [3.05, 3.63) is 66.9 Å². The minimum Gasteiger partial charge on any atom is -0.494 e. The number of carbonyl (C=O) groups excluding carboxylic acids is 1. The van der Waals surface area contributed by atoms with E-state index in [1.807, 2.05) is 19.1 Å². The molecule has 2 aromatic heterocycles. The van der Waals surface area contributed by atoms with Crippen LogP contribution in [0.5, 0.6) is 5.75 Å². The number of fused-ring (bicyclic) bond motifs is 1. The number of ether oxygens (including phenoxy) is 1. The lowest BCUT2D eigenvalue weighted by molar-refractivity contribution is -0.113. The Morgan fingerprint density at radius 3 is 2.63 bits per heavy atom. The van der Waals surface area contributed by atoms with Gasteiger partial charge >= 0.3 is 0 Å². The van der Waals surface area contributed by atoms with Crippen LogP contribution in [-0.4, -0.2) is 38.0 Å². The van der Waals surface area contributed by atoms with Gasteiger partial charge in [-0.05, 0) is 55.5 Å². The molecule has 0 atom stereocenters. The number of rotatable bonds is 7. The van der Waals surface area contributed by atoms with Crippen molar-refractivity contribution < 1.29 is 13.9 Å². The average molecular weight is 423 g/mol. The van der Waals surface area contributed by atoms with E-state index in [1.165, 1.54) is 30.2 Å². The molecule has 0 aliphatic heterocycles. The van der Waals surface area contributed by atoms with Crippen molar-refractivity contribution in [1.82, 2.24) is 19.7 Å². The van der Waals surface area contributed by atoms with Gasteiger partial charge < -0.3 is 10.1 Å². The molecule has 30 heavy (non-hydrogen) atoms. The molecule has 0 unspecified atom stereocenters. The Morgan fingerprint density at radius 1 is 1.13 bits per heavy atom. The first kappa shape index (κ1) is 19.8. The van der Waals surface area contributed by atoms with E-state index < -0.39 is 0 Å². The van der Waals surface area contributed by atoms with Crippen LogP contribution in [0.15, 0.2) is 66.1 Å². The Hall–Kier alpha value is -3.46. The predicted molar refractivity (Wildman–Crippen MR) is 114 cm³/mol. The van der Waals surface area contributed by atoms with Crippen LogP contribution in [0.25, 0.3) is 16.7 Å². The quantitative estimate of drug-likeness (QED) is 0.356. The highest BCUT2D eigenvalue weighted by molar-refractivity contribution is 8.00. The number of hydrogen-bond acceptors (Lipinski definition) is 6. The number of anilines is 1. The first-order valence-electron chi connectivity index (χ1n) is 9.24. The van der Waals surface area contributed by atoms with E-state index >= 15 is 0 Å². The summed E-state index contributed by atoms with van der Waals surface area (Å²) in [6, 6.07) is 13.2. The molecule has 2 heterocycles. The van der Waals surface area contributed by atoms with Crippen molar-refractivity contribution in [1.29, 1.82) is 0 Å². The molecule has 0 saturated carbocycles. The molecule has 1 amide bonds. The van der Waals surface area contributed by atoms with Crippen molar-refractivity contribution in [2.75, 3.05) is 17.7 Å². The van der Waals surface area contributed by atoms with Gasteiger partial charge in [0.2, 0.25) is 5.91 Å². The number of carbonyl (C=O) groups is 1. The Bertz CT molecular complexity index is 1160. The van der Waals surface area contributed by atoms with E-state index in [4.69, 9.17) is 4.74 Å². The largest absolute Gasteiger partial charge is 0.494 e. The lowest BCUT2D eigenvalue weighted by Crippen LogP contribution is -2.14. The second kappa shape index (κ2) is 8.91. The second-order valence-electron chi connectivity index (χ2n) is 6.24. The summed E-state index contributed by atoms with van der Waals surface area (Å²) in [7, 11) is 0. The minimum atomic E-state index is -0.320. The Labute approximate surface area is 176 Å². The van der Waals surface area contributed by atoms with Gasteiger partial charge in [-0.1, -0.05) is 11.8 Å². The Morgan fingerprint density at radius 2 is 1.90 bits per heavy atom. The van der Waals surface area contributed by atoms with Crippen molar-refractivity contribution in [2.45, 2.75) is 11.9 Å². The maximum atomic E-state index is 13.2. The summed E-state index contributed by atoms with van der Waals surface area (Å²) in [5.41, 5.74) is 1.97. The van der Waals surface area contributed by atoms with E-state index in [2.05, 4.69) is 20.4 Å². The van der Waals surface area contributed by atoms with E-state index in [-0.39, 0.29) is 17.5 Å². The fraction of sp³-hybridized carbons (Fsp3) is 0.143. The first-order valence-corrected chi connectivity index (χ1v) is 10.2. The highest BCUT2D eigenvalue weighted by Crippen LogP contribution is 2.26. The summed E-state index contributed by atoms with van der Waals surface area (Å²) >= 11 is 1.30. The molecule has 1 N–H and O–H groups in total. The summed E-state index contributed by atoms with van der Waals surface area (Å²) < 4.78 is 20.2. The van der Waals surface area contributed by atoms with Crippen LogP contribution in [0, 0.1) is 5.82 Å². The first-order chi connectivity index (χ1) is 14.6. The highest BCUT2D eigenvalue weighted by atomic mass is 32.2. The maximum Gasteiger partial charge on any atom is 0.234 e. The van der Waals surface area contributed by atoms with Crippen LogP contribution >= 0.6 is 11.8 Å². The summed E-state index contributed by atoms with van der Waals surface area (Å²) in [4.78, 5) is 20.9. The molecule has 0 spiro atoms. The minimum absolute atomic E-state index is 0.151. The van der Waals surface area contributed by atoms with Crippen molar-refractivity contribution >= 4 is 34.4 Å². The molecular formula is C21H18FN5O2S. The summed E-state index contributed by atoms with van der Waals surface area (Å²) in [5, 5.41) is 8.56. The topological polar surface area (TPSA) is 81.9 Å². The molecule has 0 bridgehead atoms. The zero-order valence-electron chi connectivity index (χ0n) is 16.1. The molecule has 9 heteroatoms. The molecule has 4 rings (SSSR count). The number of halogens is 1. The fourth-order valence-electron chi connectivity index (χ4n) is 2.84. The van der Waals surface area contributed by atoms with E-state index in [1.54, 1.807) is 35.1 Å². The summed E-state index contributed by atoms with van der Waals surface area (Å²) in [6.07, 6.45) is 3.07. The summed E-state index contributed by atoms with van der Waals surface area (Å²) in [6.45, 7) is 2.51. The molecule has 0 radical (unpaired) electrons. The van der Waals surface area contributed by atoms with Crippen LogP contribution in [0.1, 0.15) is 6.92 Å². The second-order valence-corrected chi connectivity index (χ2v) is 7.21. The molecule has 0 aliphatic carbocycles. The molecule has 0 saturated heterocycles. The Kier molecular flexibility index (Phi) is 5.89. The predicted octanol–water partition coefficient (Wildman–Crippen LogP) is 4.08. The van der Waals surface area contributed by atoms with Crippen molar-refractivity contribution in [3.63, 3.8) is 0 Å². The number of amides is 1. The lowest BCUT2D eigenvalue weighted by atomic mass is 10.3. The number of hydrogen-bond donors (Lipinski definition) is 1. The molecule has 2 aromatic carbocycles. The van der Waals surface area contributed by atoms with E-state index in [0.29, 0.717) is 28.7 Å². The number of aromatic nitrogens is 4. The summed E-state index contributed by atoms with van der Waals surface area (Å²) in [5.74, 6) is 0.467. The van der Waals surface area contributed by atoms with Gasteiger partial charge in [0.05, 0.1) is 29.6 Å². The van der Waals surface area contributed by atoms with Gasteiger partial charge in [0.1, 0.15) is 22.9 Å². The average Bonchev–Trinajstić information content (AvgIpc) is 3.19. The van der Waals surface area contributed by atoms with E-state index in [0.717, 1.165) is 11.1 Å². The third-order valence-electron chi connectivity index (χ3n) is 4.19. The van der Waals surface area contributed by atoms with Gasteiger partial charge in [0, 0.05) is 5.69 Å². The molecule has 0 fully saturated rings. The number of nitrogens with zero attached hydrogens (tertiary/aromatic N) is 4. The maximum absolute atomic E-state index is 13.2. The molecule has 7 nitrogen and oxygen atoms in total. The zero-order valence-corrected chi connectivity index (χ0v) is 16.9. The van der Waals surface area contributed by atoms with E-state index in [9.17, 15) is 9.18 Å². The number of nitrogens with one attached hydrogen (secondary N) is 1. The normalized spacial score (nSPS) is 10.9. The van der Waals surface area contributed by atoms with Gasteiger partial charge in [0.15, 0.2) is 5.65 Å². The van der Waals surface area contributed by atoms with Gasteiger partial charge in [-0.25, -0.2) is 19.0 Å². The highest BCUT2D eigenvalue weighted by Gasteiger charge is 2.13. The third kappa shape index (κ3) is 4.41. The fourth-order valence-corrected chi connectivity index (χ4v) is 3.60. The van der Waals surface area contributed by atoms with Gasteiger partial charge in [0.25, 0.3) is 0 Å². The standard InChI is InChI=1S/C21H18FN5O2S/c1-2-29-17-9-5-15(6-10-17)26-19(28)12-30-21-18-11-25-27(20(18)23-13-24-21)16-7-3-14(22)4-8-16/h3-11,13H,2,12H2,1H3,(H,26,28). The van der Waals surface area contributed by atoms with Crippen LogP contribution < -0.4 is 10.1 Å². The monoisotopic (exact) mass is 423 g/mol. The third-order valence-corrected chi connectivity index (χ3v) is 5.19. The van der Waals surface area contributed by atoms with Gasteiger partial charge in [-0.3, -0.25) is 4.79 Å².